The maximum atomic E-state index is 11.5. The molecular weight excluding hydrogens is 204 g/mol. The number of H-pyrrole nitrogens is 1. The first-order chi connectivity index (χ1) is 7.74. The van der Waals surface area contributed by atoms with Crippen LogP contribution in [0, 0.1) is 5.92 Å². The Hall–Kier alpha value is -1.36. The zero-order chi connectivity index (χ0) is 11.8. The normalized spacial score (nSPS) is 12.4. The molecule has 1 amide bonds. The highest BCUT2D eigenvalue weighted by Gasteiger charge is 2.10. The van der Waals surface area contributed by atoms with Crippen LogP contribution in [0.5, 0.6) is 0 Å². The quantitative estimate of drug-likeness (QED) is 0.584. The number of aromatic nitrogens is 2. The number of carbonyl (C=O) groups is 1. The zero-order valence-corrected chi connectivity index (χ0v) is 9.92. The summed E-state index contributed by atoms with van der Waals surface area (Å²) in [5.41, 5.74) is 0. The number of aromatic amines is 1. The van der Waals surface area contributed by atoms with Crippen LogP contribution in [-0.4, -0.2) is 36.0 Å². The van der Waals surface area contributed by atoms with Gasteiger partial charge in [0.2, 0.25) is 5.91 Å². The molecule has 1 aromatic heterocycles. The van der Waals surface area contributed by atoms with Gasteiger partial charge in [0, 0.05) is 37.8 Å². The molecule has 1 atom stereocenters. The van der Waals surface area contributed by atoms with Crippen LogP contribution in [0.4, 0.5) is 0 Å². The van der Waals surface area contributed by atoms with Crippen molar-refractivity contribution in [2.75, 3.05) is 20.1 Å². The fraction of sp³-hybridized carbons (Fsp3) is 0.636. The molecule has 0 bridgehead atoms. The number of nitrogens with zero attached hydrogens (tertiary/aromatic N) is 1. The van der Waals surface area contributed by atoms with Crippen molar-refractivity contribution in [1.82, 2.24) is 20.6 Å². The van der Waals surface area contributed by atoms with Crippen molar-refractivity contribution >= 4 is 5.91 Å². The fourth-order valence-electron chi connectivity index (χ4n) is 1.48. The molecule has 0 radical (unpaired) electrons. The number of hydrogen-bond acceptors (Lipinski definition) is 3. The van der Waals surface area contributed by atoms with Crippen LogP contribution in [0.15, 0.2) is 12.4 Å². The molecule has 0 aromatic carbocycles. The van der Waals surface area contributed by atoms with E-state index in [9.17, 15) is 4.79 Å². The molecule has 0 spiro atoms. The third-order valence-electron chi connectivity index (χ3n) is 2.40. The maximum Gasteiger partial charge on any atom is 0.224 e. The number of aryl methyl sites for hydroxylation is 1. The lowest BCUT2D eigenvalue weighted by Crippen LogP contribution is -2.34. The van der Waals surface area contributed by atoms with Gasteiger partial charge in [-0.1, -0.05) is 6.92 Å². The number of nitrogens with one attached hydrogen (secondary N) is 3. The monoisotopic (exact) mass is 224 g/mol. The highest BCUT2D eigenvalue weighted by Crippen LogP contribution is 1.95. The zero-order valence-electron chi connectivity index (χ0n) is 9.92. The van der Waals surface area contributed by atoms with Gasteiger partial charge in [-0.05, 0) is 13.5 Å². The summed E-state index contributed by atoms with van der Waals surface area (Å²) in [7, 11) is 1.85. The van der Waals surface area contributed by atoms with Crippen molar-refractivity contribution in [2.45, 2.75) is 19.8 Å². The summed E-state index contributed by atoms with van der Waals surface area (Å²) in [5, 5.41) is 5.89. The first-order valence-electron chi connectivity index (χ1n) is 5.64. The second kappa shape index (κ2) is 7.00. The molecule has 90 valence electrons. The third-order valence-corrected chi connectivity index (χ3v) is 2.40. The first kappa shape index (κ1) is 12.7. The van der Waals surface area contributed by atoms with E-state index in [2.05, 4.69) is 20.6 Å². The van der Waals surface area contributed by atoms with Crippen molar-refractivity contribution in [3.05, 3.63) is 18.2 Å². The fourth-order valence-corrected chi connectivity index (χ4v) is 1.48. The highest BCUT2D eigenvalue weighted by atomic mass is 16.1. The summed E-state index contributed by atoms with van der Waals surface area (Å²) in [6, 6.07) is 0. The summed E-state index contributed by atoms with van der Waals surface area (Å²) in [6.45, 7) is 3.33. The molecule has 0 saturated carbocycles. The van der Waals surface area contributed by atoms with Gasteiger partial charge in [0.25, 0.3) is 0 Å². The van der Waals surface area contributed by atoms with Gasteiger partial charge in [-0.15, -0.1) is 0 Å². The van der Waals surface area contributed by atoms with E-state index in [1.165, 1.54) is 0 Å². The van der Waals surface area contributed by atoms with Crippen LogP contribution in [0.25, 0.3) is 0 Å². The summed E-state index contributed by atoms with van der Waals surface area (Å²) in [4.78, 5) is 18.7. The minimum atomic E-state index is 0.0219. The number of rotatable bonds is 7. The molecule has 1 aromatic rings. The minimum Gasteiger partial charge on any atom is -0.356 e. The average molecular weight is 224 g/mol. The van der Waals surface area contributed by atoms with Gasteiger partial charge in [-0.2, -0.15) is 0 Å². The lowest BCUT2D eigenvalue weighted by molar-refractivity contribution is -0.124. The molecule has 0 saturated heterocycles. The van der Waals surface area contributed by atoms with Gasteiger partial charge < -0.3 is 15.6 Å². The number of carbonyl (C=O) groups excluding carboxylic acids is 1. The predicted octanol–water partition coefficient (Wildman–Crippen LogP) is 0.314. The van der Waals surface area contributed by atoms with Crippen LogP contribution in [-0.2, 0) is 11.2 Å². The molecule has 5 heteroatoms. The van der Waals surface area contributed by atoms with Gasteiger partial charge in [0.05, 0.1) is 0 Å². The van der Waals surface area contributed by atoms with E-state index in [1.807, 2.05) is 20.2 Å². The van der Waals surface area contributed by atoms with Crippen molar-refractivity contribution in [3.63, 3.8) is 0 Å². The summed E-state index contributed by atoms with van der Waals surface area (Å²) in [5.74, 6) is 1.10. The molecule has 5 nitrogen and oxygen atoms in total. The van der Waals surface area contributed by atoms with Crippen LogP contribution >= 0.6 is 0 Å². The van der Waals surface area contributed by atoms with Crippen LogP contribution in [0.3, 0.4) is 0 Å². The average Bonchev–Trinajstić information content (AvgIpc) is 2.77. The first-order valence-corrected chi connectivity index (χ1v) is 5.64. The Bertz CT molecular complexity index is 297. The second-order valence-electron chi connectivity index (χ2n) is 3.89. The van der Waals surface area contributed by atoms with E-state index < -0.39 is 0 Å². The SMILES string of the molecule is CNCC(C)C(=O)NCCCc1ncc[nH]1. The lowest BCUT2D eigenvalue weighted by Gasteiger charge is -2.10. The summed E-state index contributed by atoms with van der Waals surface area (Å²) < 4.78 is 0. The largest absolute Gasteiger partial charge is 0.356 e. The van der Waals surface area contributed by atoms with Crippen molar-refractivity contribution in [2.24, 2.45) is 5.92 Å². The number of hydrogen-bond donors (Lipinski definition) is 3. The Kier molecular flexibility index (Phi) is 5.56. The van der Waals surface area contributed by atoms with E-state index in [0.29, 0.717) is 13.1 Å². The van der Waals surface area contributed by atoms with Crippen LogP contribution < -0.4 is 10.6 Å². The standard InChI is InChI=1S/C11H20N4O/c1-9(8-12-2)11(16)15-5-3-4-10-13-6-7-14-10/h6-7,9,12H,3-5,8H2,1-2H3,(H,13,14)(H,15,16). The van der Waals surface area contributed by atoms with Gasteiger partial charge in [-0.3, -0.25) is 4.79 Å². The number of imidazole rings is 1. The van der Waals surface area contributed by atoms with Gasteiger partial charge >= 0.3 is 0 Å². The smallest absolute Gasteiger partial charge is 0.224 e. The predicted molar refractivity (Wildman–Crippen MR) is 63.0 cm³/mol. The summed E-state index contributed by atoms with van der Waals surface area (Å²) >= 11 is 0. The molecule has 0 aliphatic carbocycles. The van der Waals surface area contributed by atoms with Gasteiger partial charge in [-0.25, -0.2) is 4.98 Å². The Morgan fingerprint density at radius 3 is 3.06 bits per heavy atom. The Balaban J connectivity index is 2.08. The molecule has 0 aliphatic rings. The van der Waals surface area contributed by atoms with Crippen molar-refractivity contribution in [3.8, 4) is 0 Å². The summed E-state index contributed by atoms with van der Waals surface area (Å²) in [6.07, 6.45) is 5.32. The van der Waals surface area contributed by atoms with Gasteiger partial charge in [0.1, 0.15) is 5.82 Å². The Labute approximate surface area is 96.0 Å². The lowest BCUT2D eigenvalue weighted by atomic mass is 10.1. The topological polar surface area (TPSA) is 69.8 Å². The molecule has 1 unspecified atom stereocenters. The van der Waals surface area contributed by atoms with Crippen molar-refractivity contribution in [1.29, 1.82) is 0 Å². The molecular formula is C11H20N4O. The molecule has 1 heterocycles. The minimum absolute atomic E-state index is 0.0219. The highest BCUT2D eigenvalue weighted by molar-refractivity contribution is 5.78. The van der Waals surface area contributed by atoms with E-state index in [1.54, 1.807) is 6.20 Å². The molecule has 1 rings (SSSR count). The van der Waals surface area contributed by atoms with Crippen molar-refractivity contribution < 1.29 is 4.79 Å². The maximum absolute atomic E-state index is 11.5. The third kappa shape index (κ3) is 4.44. The Morgan fingerprint density at radius 1 is 1.62 bits per heavy atom. The van der Waals surface area contributed by atoms with Crippen LogP contribution in [0.1, 0.15) is 19.2 Å². The van der Waals surface area contributed by atoms with E-state index in [4.69, 9.17) is 0 Å². The molecule has 16 heavy (non-hydrogen) atoms. The Morgan fingerprint density at radius 2 is 2.44 bits per heavy atom. The van der Waals surface area contributed by atoms with E-state index in [-0.39, 0.29) is 11.8 Å². The molecule has 0 aliphatic heterocycles. The van der Waals surface area contributed by atoms with Crippen LogP contribution in [0.2, 0.25) is 0 Å². The van der Waals surface area contributed by atoms with E-state index >= 15 is 0 Å². The second-order valence-corrected chi connectivity index (χ2v) is 3.89. The molecule has 3 N–H and O–H groups in total. The molecule has 0 fully saturated rings. The van der Waals surface area contributed by atoms with Gasteiger partial charge in [0.15, 0.2) is 0 Å². The number of amides is 1. The van der Waals surface area contributed by atoms with E-state index in [0.717, 1.165) is 18.7 Å².